The standard InChI is InChI=1S/C24H26ClN5O4/c1-23(2,3)12-24(4,5)28-22-20(17-11-15(30(31)32)7-9-19(17)34-22)27-18-8-6-14(25)10-16(18)21-29-26-13-33-21/h6-11,13,27-28H,12H2,1-5H3. The summed E-state index contributed by atoms with van der Waals surface area (Å²) in [5.41, 5.74) is 1.98. The lowest BCUT2D eigenvalue weighted by molar-refractivity contribution is -0.384. The van der Waals surface area contributed by atoms with Crippen molar-refractivity contribution in [1.29, 1.82) is 0 Å². The van der Waals surface area contributed by atoms with E-state index >= 15 is 0 Å². The maximum absolute atomic E-state index is 11.5. The van der Waals surface area contributed by atoms with Crippen LogP contribution >= 0.6 is 11.6 Å². The van der Waals surface area contributed by atoms with Crippen molar-refractivity contribution in [1.82, 2.24) is 10.2 Å². The van der Waals surface area contributed by atoms with E-state index in [0.717, 1.165) is 6.42 Å². The second-order valence-corrected chi connectivity index (χ2v) is 10.5. The van der Waals surface area contributed by atoms with Crippen LogP contribution in [0.2, 0.25) is 5.02 Å². The van der Waals surface area contributed by atoms with Crippen molar-refractivity contribution in [3.8, 4) is 11.5 Å². The molecule has 34 heavy (non-hydrogen) atoms. The van der Waals surface area contributed by atoms with Crippen LogP contribution in [0.4, 0.5) is 22.9 Å². The highest BCUT2D eigenvalue weighted by Gasteiger charge is 2.29. The molecule has 0 saturated carbocycles. The largest absolute Gasteiger partial charge is 0.438 e. The van der Waals surface area contributed by atoms with E-state index in [4.69, 9.17) is 20.4 Å². The second kappa shape index (κ2) is 8.64. The summed E-state index contributed by atoms with van der Waals surface area (Å²) in [6.45, 7) is 10.7. The summed E-state index contributed by atoms with van der Waals surface area (Å²) in [6.07, 6.45) is 2.09. The summed E-state index contributed by atoms with van der Waals surface area (Å²) in [7, 11) is 0. The number of halogens is 1. The molecule has 0 spiro atoms. The zero-order valence-corrected chi connectivity index (χ0v) is 20.4. The Labute approximate surface area is 201 Å². The molecule has 0 saturated heterocycles. The first-order valence-electron chi connectivity index (χ1n) is 10.7. The van der Waals surface area contributed by atoms with Crippen LogP contribution in [0.5, 0.6) is 0 Å². The van der Waals surface area contributed by atoms with Crippen LogP contribution in [-0.4, -0.2) is 20.7 Å². The Bertz CT molecular complexity index is 1340. The van der Waals surface area contributed by atoms with Crippen molar-refractivity contribution in [2.45, 2.75) is 46.6 Å². The molecule has 0 amide bonds. The van der Waals surface area contributed by atoms with Gasteiger partial charge in [-0.3, -0.25) is 10.1 Å². The van der Waals surface area contributed by atoms with Crippen LogP contribution in [-0.2, 0) is 0 Å². The molecule has 4 rings (SSSR count). The molecule has 9 nitrogen and oxygen atoms in total. The number of benzene rings is 2. The maximum Gasteiger partial charge on any atom is 0.270 e. The number of nitrogens with one attached hydrogen (secondary N) is 2. The average molecular weight is 484 g/mol. The van der Waals surface area contributed by atoms with Gasteiger partial charge in [0.2, 0.25) is 18.2 Å². The van der Waals surface area contributed by atoms with Crippen LogP contribution in [0.25, 0.3) is 22.4 Å². The smallest absolute Gasteiger partial charge is 0.270 e. The van der Waals surface area contributed by atoms with Crippen LogP contribution in [0.15, 0.2) is 51.6 Å². The summed E-state index contributed by atoms with van der Waals surface area (Å²) in [4.78, 5) is 11.0. The number of nitro groups is 1. The van der Waals surface area contributed by atoms with E-state index < -0.39 is 4.92 Å². The summed E-state index contributed by atoms with van der Waals surface area (Å²) in [6, 6.07) is 9.73. The van der Waals surface area contributed by atoms with Crippen LogP contribution < -0.4 is 10.6 Å². The second-order valence-electron chi connectivity index (χ2n) is 10.0. The van der Waals surface area contributed by atoms with Gasteiger partial charge in [0.15, 0.2) is 0 Å². The van der Waals surface area contributed by atoms with Gasteiger partial charge in [0.25, 0.3) is 5.69 Å². The molecular weight excluding hydrogens is 458 g/mol. The molecule has 0 aliphatic carbocycles. The Morgan fingerprint density at radius 1 is 1.12 bits per heavy atom. The summed E-state index contributed by atoms with van der Waals surface area (Å²) in [5.74, 6) is 0.752. The van der Waals surface area contributed by atoms with Crippen LogP contribution in [0, 0.1) is 15.5 Å². The molecule has 10 heteroatoms. The van der Waals surface area contributed by atoms with Gasteiger partial charge < -0.3 is 19.5 Å². The summed E-state index contributed by atoms with van der Waals surface area (Å²) < 4.78 is 11.5. The van der Waals surface area contributed by atoms with E-state index in [1.165, 1.54) is 18.5 Å². The molecule has 0 aliphatic rings. The molecule has 0 radical (unpaired) electrons. The lowest BCUT2D eigenvalue weighted by Gasteiger charge is -2.33. The predicted octanol–water partition coefficient (Wildman–Crippen LogP) is 7.41. The molecule has 2 N–H and O–H groups in total. The van der Waals surface area contributed by atoms with Crippen molar-refractivity contribution in [2.75, 3.05) is 10.6 Å². The Kier molecular flexibility index (Phi) is 5.99. The highest BCUT2D eigenvalue weighted by atomic mass is 35.5. The van der Waals surface area contributed by atoms with Crippen LogP contribution in [0.1, 0.15) is 41.0 Å². The number of nitrogens with zero attached hydrogens (tertiary/aromatic N) is 3. The number of rotatable bonds is 7. The fourth-order valence-corrected chi connectivity index (χ4v) is 4.49. The van der Waals surface area contributed by atoms with Gasteiger partial charge in [-0.15, -0.1) is 10.2 Å². The highest BCUT2D eigenvalue weighted by molar-refractivity contribution is 6.31. The minimum absolute atomic E-state index is 0.0370. The molecule has 0 unspecified atom stereocenters. The third kappa shape index (κ3) is 5.14. The van der Waals surface area contributed by atoms with Gasteiger partial charge in [-0.2, -0.15) is 0 Å². The summed E-state index contributed by atoms with van der Waals surface area (Å²) in [5, 5.41) is 27.1. The number of non-ortho nitro benzene ring substituents is 1. The first kappa shape index (κ1) is 23.6. The summed E-state index contributed by atoms with van der Waals surface area (Å²) >= 11 is 6.22. The van der Waals surface area contributed by atoms with E-state index in [1.54, 1.807) is 24.3 Å². The average Bonchev–Trinajstić information content (AvgIpc) is 3.35. The fraction of sp³-hybridized carbons (Fsp3) is 0.333. The van der Waals surface area contributed by atoms with Crippen molar-refractivity contribution in [2.24, 2.45) is 5.41 Å². The number of furan rings is 1. The quantitative estimate of drug-likeness (QED) is 0.206. The first-order chi connectivity index (χ1) is 15.9. The monoisotopic (exact) mass is 483 g/mol. The van der Waals surface area contributed by atoms with Crippen molar-refractivity contribution in [3.05, 3.63) is 57.9 Å². The third-order valence-corrected chi connectivity index (χ3v) is 5.37. The fourth-order valence-electron chi connectivity index (χ4n) is 4.32. The van der Waals surface area contributed by atoms with Gasteiger partial charge in [-0.05, 0) is 49.9 Å². The van der Waals surface area contributed by atoms with Gasteiger partial charge in [0.05, 0.1) is 21.6 Å². The number of hydrogen-bond donors (Lipinski definition) is 2. The molecule has 2 aromatic heterocycles. The number of hydrogen-bond acceptors (Lipinski definition) is 8. The van der Waals surface area contributed by atoms with Crippen molar-refractivity contribution < 1.29 is 13.8 Å². The van der Waals surface area contributed by atoms with E-state index in [-0.39, 0.29) is 22.5 Å². The van der Waals surface area contributed by atoms with Gasteiger partial charge in [0.1, 0.15) is 11.3 Å². The van der Waals surface area contributed by atoms with E-state index in [2.05, 4.69) is 55.4 Å². The van der Waals surface area contributed by atoms with Crippen molar-refractivity contribution in [3.63, 3.8) is 0 Å². The molecule has 4 aromatic rings. The maximum atomic E-state index is 11.5. The molecule has 2 heterocycles. The third-order valence-electron chi connectivity index (χ3n) is 5.14. The molecule has 0 bridgehead atoms. The Hall–Kier alpha value is -3.59. The first-order valence-corrected chi connectivity index (χ1v) is 11.1. The number of nitro benzene ring substituents is 1. The normalized spacial score (nSPS) is 12.2. The minimum atomic E-state index is -0.432. The van der Waals surface area contributed by atoms with Gasteiger partial charge >= 0.3 is 0 Å². The van der Waals surface area contributed by atoms with Gasteiger partial charge in [0, 0.05) is 22.7 Å². The molecule has 0 fully saturated rings. The minimum Gasteiger partial charge on any atom is -0.438 e. The molecule has 0 atom stereocenters. The Balaban J connectivity index is 1.84. The Morgan fingerprint density at radius 3 is 2.53 bits per heavy atom. The Morgan fingerprint density at radius 2 is 1.88 bits per heavy atom. The number of anilines is 3. The molecule has 0 aliphatic heterocycles. The number of fused-ring (bicyclic) bond motifs is 1. The highest BCUT2D eigenvalue weighted by Crippen LogP contribution is 2.43. The van der Waals surface area contributed by atoms with Crippen molar-refractivity contribution >= 4 is 45.5 Å². The predicted molar refractivity (Wildman–Crippen MR) is 133 cm³/mol. The SMILES string of the molecule is CC(C)(C)CC(C)(C)Nc1oc2ccc([N+](=O)[O-])cc2c1Nc1ccc(Cl)cc1-c1nnco1. The van der Waals surface area contributed by atoms with Gasteiger partial charge in [-0.1, -0.05) is 32.4 Å². The lowest BCUT2D eigenvalue weighted by atomic mass is 9.82. The topological polar surface area (TPSA) is 119 Å². The van der Waals surface area contributed by atoms with Crippen LogP contribution in [0.3, 0.4) is 0 Å². The lowest BCUT2D eigenvalue weighted by Crippen LogP contribution is -2.35. The van der Waals surface area contributed by atoms with Gasteiger partial charge in [-0.25, -0.2) is 0 Å². The number of aromatic nitrogens is 2. The van der Waals surface area contributed by atoms with E-state index in [1.807, 2.05) is 0 Å². The molecular formula is C24H26ClN5O4. The molecule has 178 valence electrons. The molecule has 2 aromatic carbocycles. The zero-order valence-electron chi connectivity index (χ0n) is 19.6. The zero-order chi connectivity index (χ0) is 24.7. The van der Waals surface area contributed by atoms with E-state index in [9.17, 15) is 10.1 Å². The van der Waals surface area contributed by atoms with E-state index in [0.29, 0.717) is 38.8 Å².